The lowest BCUT2D eigenvalue weighted by molar-refractivity contribution is -0.109. The number of hydrogen-bond donors (Lipinski definition) is 1. The molecule has 1 fully saturated rings. The molecule has 0 aliphatic carbocycles. The maximum absolute atomic E-state index is 15.5. The van der Waals surface area contributed by atoms with Crippen LogP contribution in [0.15, 0.2) is 55.1 Å². The maximum atomic E-state index is 15.5. The van der Waals surface area contributed by atoms with Gasteiger partial charge in [-0.1, -0.05) is 11.2 Å². The Labute approximate surface area is 164 Å². The van der Waals surface area contributed by atoms with Crippen LogP contribution in [0.5, 0.6) is 17.2 Å². The van der Waals surface area contributed by atoms with Crippen LogP contribution in [0.1, 0.15) is 11.1 Å². The van der Waals surface area contributed by atoms with Crippen LogP contribution < -0.4 is 15.2 Å². The van der Waals surface area contributed by atoms with Crippen molar-refractivity contribution in [2.45, 2.75) is 18.2 Å². The van der Waals surface area contributed by atoms with Crippen molar-refractivity contribution in [2.75, 3.05) is 7.11 Å². The Balaban J connectivity index is 1.79. The zero-order valence-corrected chi connectivity index (χ0v) is 15.3. The first-order valence-electron chi connectivity index (χ1n) is 8.82. The predicted molar refractivity (Wildman–Crippen MR) is 98.2 cm³/mol. The van der Waals surface area contributed by atoms with Crippen LogP contribution in [0.2, 0.25) is 0 Å². The first-order chi connectivity index (χ1) is 14.1. The van der Waals surface area contributed by atoms with Crippen LogP contribution in [0.25, 0.3) is 11.1 Å². The van der Waals surface area contributed by atoms with Crippen molar-refractivity contribution in [3.8, 4) is 28.4 Å². The minimum absolute atomic E-state index is 0.183. The second-order valence-electron chi connectivity index (χ2n) is 6.72. The summed E-state index contributed by atoms with van der Waals surface area (Å²) in [6.45, 7) is 0. The second kappa shape index (κ2) is 6.45. The van der Waals surface area contributed by atoms with E-state index in [9.17, 15) is 0 Å². The van der Waals surface area contributed by atoms with Gasteiger partial charge in [-0.05, 0) is 35.9 Å². The molecule has 3 atom stereocenters. The van der Waals surface area contributed by atoms with E-state index in [1.165, 1.54) is 19.5 Å². The van der Waals surface area contributed by atoms with Crippen LogP contribution in [0, 0.1) is 0 Å². The summed E-state index contributed by atoms with van der Waals surface area (Å²) >= 11 is 0. The van der Waals surface area contributed by atoms with Crippen LogP contribution in [0.3, 0.4) is 0 Å². The molecule has 29 heavy (non-hydrogen) atoms. The number of halogens is 2. The highest BCUT2D eigenvalue weighted by molar-refractivity contribution is 5.68. The molecule has 1 aromatic heterocycles. The molecule has 2 unspecified atom stereocenters. The molecule has 0 amide bonds. The number of benzene rings is 2. The predicted octanol–water partition coefficient (Wildman–Crippen LogP) is 3.26. The molecule has 2 N–H and O–H groups in total. The van der Waals surface area contributed by atoms with E-state index in [0.29, 0.717) is 22.6 Å². The fraction of sp³-hybridized carbons (Fsp3) is 0.200. The monoisotopic (exact) mass is 398 g/mol. The van der Waals surface area contributed by atoms with Gasteiger partial charge < -0.3 is 14.2 Å². The Kier molecular flexibility index (Phi) is 3.98. The van der Waals surface area contributed by atoms with Gasteiger partial charge in [-0.2, -0.15) is 0 Å². The Morgan fingerprint density at radius 3 is 2.41 bits per heavy atom. The van der Waals surface area contributed by atoms with Crippen molar-refractivity contribution in [3.63, 3.8) is 0 Å². The Hall–Kier alpha value is -3.14. The van der Waals surface area contributed by atoms with Crippen molar-refractivity contribution in [2.24, 2.45) is 5.73 Å². The number of hydrogen-bond acceptors (Lipinski definition) is 7. The van der Waals surface area contributed by atoms with Crippen LogP contribution in [-0.4, -0.2) is 34.9 Å². The van der Waals surface area contributed by atoms with Gasteiger partial charge in [0, 0.05) is 29.1 Å². The van der Waals surface area contributed by atoms with Gasteiger partial charge in [0.1, 0.15) is 23.6 Å². The average molecular weight is 398 g/mol. The molecule has 2 aliphatic heterocycles. The van der Waals surface area contributed by atoms with Gasteiger partial charge in [-0.3, -0.25) is 5.73 Å². The van der Waals surface area contributed by atoms with Gasteiger partial charge in [0.25, 0.3) is 0 Å². The van der Waals surface area contributed by atoms with E-state index in [0.717, 1.165) is 0 Å². The van der Waals surface area contributed by atoms with Crippen LogP contribution in [-0.2, 0) is 10.3 Å². The smallest absolute Gasteiger partial charge is 0.231 e. The molecule has 1 spiro atoms. The van der Waals surface area contributed by atoms with Crippen molar-refractivity contribution in [1.82, 2.24) is 15.1 Å². The Morgan fingerprint density at radius 2 is 1.76 bits per heavy atom. The van der Waals surface area contributed by atoms with Gasteiger partial charge >= 0.3 is 0 Å². The van der Waals surface area contributed by atoms with Crippen molar-refractivity contribution in [1.29, 1.82) is 0 Å². The van der Waals surface area contributed by atoms with Crippen molar-refractivity contribution >= 4 is 0 Å². The Bertz CT molecular complexity index is 1080. The van der Waals surface area contributed by atoms with Crippen LogP contribution in [0.4, 0.5) is 8.87 Å². The van der Waals surface area contributed by atoms with Crippen molar-refractivity contribution < 1.29 is 23.1 Å². The standard InChI is InChI=1S/C20H16F2N4O3/c1-27-13-3-5-17-15(7-13)20(18(21)29-19(23)26(20)22)14-6-11(2-4-16(14)28-17)12-8-24-10-25-9-12/h2-10,18-19H,23H2,1H3/t18?,19?,20-/m0/s1. The molecule has 2 aliphatic rings. The summed E-state index contributed by atoms with van der Waals surface area (Å²) in [5.74, 6) is 1.01. The minimum Gasteiger partial charge on any atom is -0.497 e. The lowest BCUT2D eigenvalue weighted by Gasteiger charge is -2.39. The number of rotatable bonds is 2. The van der Waals surface area contributed by atoms with Crippen molar-refractivity contribution in [3.05, 3.63) is 66.2 Å². The van der Waals surface area contributed by atoms with Gasteiger partial charge in [0.15, 0.2) is 11.9 Å². The van der Waals surface area contributed by atoms with Gasteiger partial charge in [-0.25, -0.2) is 14.4 Å². The molecule has 5 rings (SSSR count). The fourth-order valence-electron chi connectivity index (χ4n) is 3.88. The Morgan fingerprint density at radius 1 is 1.07 bits per heavy atom. The number of nitrogens with two attached hydrogens (primary N) is 1. The van der Waals surface area contributed by atoms with Gasteiger partial charge in [0.2, 0.25) is 6.36 Å². The molecule has 1 saturated heterocycles. The van der Waals surface area contributed by atoms with E-state index >= 15 is 8.87 Å². The molecule has 7 nitrogen and oxygen atoms in total. The van der Waals surface area contributed by atoms with E-state index in [-0.39, 0.29) is 22.0 Å². The number of nitrogens with zero attached hydrogens (tertiary/aromatic N) is 3. The number of fused-ring (bicyclic) bond motifs is 4. The first-order valence-corrected chi connectivity index (χ1v) is 8.82. The molecular weight excluding hydrogens is 382 g/mol. The maximum Gasteiger partial charge on any atom is 0.231 e. The molecule has 0 bridgehead atoms. The summed E-state index contributed by atoms with van der Waals surface area (Å²) in [5, 5.41) is 0.183. The van der Waals surface area contributed by atoms with E-state index in [2.05, 4.69) is 9.97 Å². The highest BCUT2D eigenvalue weighted by atomic mass is 19.2. The van der Waals surface area contributed by atoms with E-state index in [1.54, 1.807) is 42.7 Å². The molecular formula is C20H16F2N4O3. The number of ether oxygens (including phenoxy) is 3. The molecule has 2 aromatic carbocycles. The summed E-state index contributed by atoms with van der Waals surface area (Å²) in [6, 6.07) is 9.83. The molecule has 3 aromatic rings. The zero-order valence-electron chi connectivity index (χ0n) is 15.3. The SMILES string of the molecule is COc1ccc2c(c1)[C@@]1(c3cc(-c4cncnc4)ccc3O2)C(F)OC(N)N1F. The first kappa shape index (κ1) is 17.9. The summed E-state index contributed by atoms with van der Waals surface area (Å²) < 4.78 is 47.1. The highest BCUT2D eigenvalue weighted by Crippen LogP contribution is 2.57. The topological polar surface area (TPSA) is 82.7 Å². The number of alkyl halides is 1. The summed E-state index contributed by atoms with van der Waals surface area (Å²) in [6.07, 6.45) is 0.953. The lowest BCUT2D eigenvalue weighted by atomic mass is 9.79. The minimum atomic E-state index is -2.08. The number of methoxy groups -OCH3 is 1. The quantitative estimate of drug-likeness (QED) is 0.664. The van der Waals surface area contributed by atoms with E-state index in [4.69, 9.17) is 19.9 Å². The summed E-state index contributed by atoms with van der Waals surface area (Å²) in [5.41, 5.74) is 5.56. The lowest BCUT2D eigenvalue weighted by Crippen LogP contribution is -2.48. The third-order valence-corrected chi connectivity index (χ3v) is 5.25. The number of aromatic nitrogens is 2. The van der Waals surface area contributed by atoms with Gasteiger partial charge in [-0.15, -0.1) is 4.48 Å². The summed E-state index contributed by atoms with van der Waals surface area (Å²) in [7, 11) is 1.47. The molecule has 3 heterocycles. The molecule has 0 radical (unpaired) electrons. The molecule has 0 saturated carbocycles. The highest BCUT2D eigenvalue weighted by Gasteiger charge is 2.62. The zero-order chi connectivity index (χ0) is 20.2. The van der Waals surface area contributed by atoms with E-state index in [1.807, 2.05) is 0 Å². The normalized spacial score (nSPS) is 25.4. The summed E-state index contributed by atoms with van der Waals surface area (Å²) in [4.78, 5) is 8.00. The largest absolute Gasteiger partial charge is 0.497 e. The third-order valence-electron chi connectivity index (χ3n) is 5.25. The van der Waals surface area contributed by atoms with Gasteiger partial charge in [0.05, 0.1) is 7.11 Å². The average Bonchev–Trinajstić information content (AvgIpc) is 2.98. The molecule has 9 heteroatoms. The van der Waals surface area contributed by atoms with E-state index < -0.39 is 18.2 Å². The third kappa shape index (κ3) is 2.45. The second-order valence-corrected chi connectivity index (χ2v) is 6.72. The van der Waals surface area contributed by atoms with Crippen LogP contribution >= 0.6 is 0 Å². The fourth-order valence-corrected chi connectivity index (χ4v) is 3.88. The molecule has 148 valence electrons.